The van der Waals surface area contributed by atoms with Crippen LogP contribution in [0, 0.1) is 0 Å². The summed E-state index contributed by atoms with van der Waals surface area (Å²) in [4.78, 5) is 0. The molecule has 21 heavy (non-hydrogen) atoms. The summed E-state index contributed by atoms with van der Waals surface area (Å²) in [6.07, 6.45) is 3.51. The van der Waals surface area contributed by atoms with E-state index in [2.05, 4.69) is 10.1 Å². The molecular formula is C14H19F2NO3S. The lowest BCUT2D eigenvalue weighted by Gasteiger charge is -2.20. The van der Waals surface area contributed by atoms with E-state index in [1.54, 1.807) is 18.2 Å². The highest BCUT2D eigenvalue weighted by molar-refractivity contribution is 7.91. The van der Waals surface area contributed by atoms with Gasteiger partial charge in [-0.2, -0.15) is 8.78 Å². The van der Waals surface area contributed by atoms with Crippen LogP contribution >= 0.6 is 0 Å². The lowest BCUT2D eigenvalue weighted by molar-refractivity contribution is -0.0505. The third kappa shape index (κ3) is 4.38. The molecule has 2 atom stereocenters. The average molecular weight is 319 g/mol. The average Bonchev–Trinajstić information content (AvgIpc) is 2.85. The molecule has 0 bridgehead atoms. The standard InChI is InChI=1S/C14H19F2NO3S/c1-21(18,19)13-8-4-6-11(13)17-9-10-5-2-3-7-12(10)20-14(15)16/h2-3,5,7,11,13-14,17H,4,6,8-9H2,1H3. The smallest absolute Gasteiger partial charge is 0.387 e. The molecule has 1 N–H and O–H groups in total. The molecule has 0 heterocycles. The molecule has 4 nitrogen and oxygen atoms in total. The van der Waals surface area contributed by atoms with Crippen molar-refractivity contribution in [3.05, 3.63) is 29.8 Å². The molecule has 2 unspecified atom stereocenters. The SMILES string of the molecule is CS(=O)(=O)C1CCCC1NCc1ccccc1OC(F)F. The minimum Gasteiger partial charge on any atom is -0.434 e. The fourth-order valence-corrected chi connectivity index (χ4v) is 4.20. The Bertz CT molecular complexity index is 577. The van der Waals surface area contributed by atoms with Gasteiger partial charge < -0.3 is 10.1 Å². The maximum atomic E-state index is 12.3. The quantitative estimate of drug-likeness (QED) is 0.874. The van der Waals surface area contributed by atoms with E-state index < -0.39 is 21.7 Å². The van der Waals surface area contributed by atoms with E-state index in [9.17, 15) is 17.2 Å². The predicted octanol–water partition coefficient (Wildman–Crippen LogP) is 2.34. The fourth-order valence-electron chi connectivity index (χ4n) is 2.77. The van der Waals surface area contributed by atoms with Crippen LogP contribution in [0.15, 0.2) is 24.3 Å². The number of para-hydroxylation sites is 1. The molecule has 1 aromatic carbocycles. The van der Waals surface area contributed by atoms with E-state index >= 15 is 0 Å². The van der Waals surface area contributed by atoms with Crippen LogP contribution < -0.4 is 10.1 Å². The Balaban J connectivity index is 2.03. The molecular weight excluding hydrogens is 300 g/mol. The molecule has 1 aromatic rings. The van der Waals surface area contributed by atoms with E-state index in [0.717, 1.165) is 12.8 Å². The Morgan fingerprint density at radius 3 is 2.71 bits per heavy atom. The summed E-state index contributed by atoms with van der Waals surface area (Å²) in [7, 11) is -3.10. The van der Waals surface area contributed by atoms with Crippen LogP contribution in [0.2, 0.25) is 0 Å². The summed E-state index contributed by atoms with van der Waals surface area (Å²) >= 11 is 0. The lowest BCUT2D eigenvalue weighted by Crippen LogP contribution is -2.39. The minimum atomic E-state index is -3.10. The summed E-state index contributed by atoms with van der Waals surface area (Å²) in [5.74, 6) is 0.119. The van der Waals surface area contributed by atoms with E-state index in [1.165, 1.54) is 12.3 Å². The molecule has 118 valence electrons. The Labute approximate surface area is 123 Å². The number of alkyl halides is 2. The fraction of sp³-hybridized carbons (Fsp3) is 0.571. The monoisotopic (exact) mass is 319 g/mol. The molecule has 1 aliphatic rings. The number of ether oxygens (including phenoxy) is 1. The number of hydrogen-bond donors (Lipinski definition) is 1. The maximum Gasteiger partial charge on any atom is 0.387 e. The van der Waals surface area contributed by atoms with Gasteiger partial charge in [0, 0.05) is 24.4 Å². The van der Waals surface area contributed by atoms with Crippen molar-refractivity contribution in [3.8, 4) is 5.75 Å². The molecule has 0 aliphatic heterocycles. The number of rotatable bonds is 6. The van der Waals surface area contributed by atoms with Crippen molar-refractivity contribution in [2.45, 2.75) is 43.7 Å². The molecule has 0 radical (unpaired) electrons. The molecule has 0 spiro atoms. The first kappa shape index (κ1) is 16.2. The highest BCUT2D eigenvalue weighted by atomic mass is 32.2. The second-order valence-electron chi connectivity index (χ2n) is 5.27. The molecule has 0 aromatic heterocycles. The van der Waals surface area contributed by atoms with Crippen molar-refractivity contribution in [1.82, 2.24) is 5.32 Å². The van der Waals surface area contributed by atoms with Gasteiger partial charge in [0.25, 0.3) is 0 Å². The van der Waals surface area contributed by atoms with Crippen LogP contribution in [0.1, 0.15) is 24.8 Å². The molecule has 7 heteroatoms. The topological polar surface area (TPSA) is 55.4 Å². The van der Waals surface area contributed by atoms with Crippen molar-refractivity contribution in [3.63, 3.8) is 0 Å². The lowest BCUT2D eigenvalue weighted by atomic mass is 10.1. The van der Waals surface area contributed by atoms with Gasteiger partial charge in [-0.3, -0.25) is 0 Å². The first-order valence-electron chi connectivity index (χ1n) is 6.83. The largest absolute Gasteiger partial charge is 0.434 e. The zero-order valence-electron chi connectivity index (χ0n) is 11.8. The third-order valence-corrected chi connectivity index (χ3v) is 5.41. The molecule has 1 fully saturated rings. The van der Waals surface area contributed by atoms with E-state index in [1.807, 2.05) is 0 Å². The van der Waals surface area contributed by atoms with Crippen LogP contribution in [0.3, 0.4) is 0 Å². The third-order valence-electron chi connectivity index (χ3n) is 3.75. The van der Waals surface area contributed by atoms with E-state index in [-0.39, 0.29) is 11.8 Å². The van der Waals surface area contributed by atoms with Crippen molar-refractivity contribution < 1.29 is 21.9 Å². The van der Waals surface area contributed by atoms with Crippen LogP contribution in [0.4, 0.5) is 8.78 Å². The Hall–Kier alpha value is -1.21. The second-order valence-corrected chi connectivity index (χ2v) is 7.54. The zero-order chi connectivity index (χ0) is 15.5. The van der Waals surface area contributed by atoms with Crippen LogP contribution in [0.5, 0.6) is 5.75 Å². The highest BCUT2D eigenvalue weighted by Gasteiger charge is 2.34. The highest BCUT2D eigenvalue weighted by Crippen LogP contribution is 2.26. The van der Waals surface area contributed by atoms with Crippen molar-refractivity contribution >= 4 is 9.84 Å². The molecule has 1 saturated carbocycles. The Morgan fingerprint density at radius 1 is 1.33 bits per heavy atom. The minimum absolute atomic E-state index is 0.119. The summed E-state index contributed by atoms with van der Waals surface area (Å²) in [6, 6.07) is 6.38. The molecule has 1 aliphatic carbocycles. The summed E-state index contributed by atoms with van der Waals surface area (Å²) in [6.45, 7) is -2.57. The predicted molar refractivity (Wildman–Crippen MR) is 76.2 cm³/mol. The number of hydrogen-bond acceptors (Lipinski definition) is 4. The van der Waals surface area contributed by atoms with Gasteiger partial charge in [0.05, 0.1) is 5.25 Å². The zero-order valence-corrected chi connectivity index (χ0v) is 12.6. The van der Waals surface area contributed by atoms with Gasteiger partial charge in [-0.05, 0) is 18.9 Å². The van der Waals surface area contributed by atoms with Crippen LogP contribution in [-0.4, -0.2) is 32.6 Å². The molecule has 2 rings (SSSR count). The Morgan fingerprint density at radius 2 is 2.05 bits per heavy atom. The number of benzene rings is 1. The van der Waals surface area contributed by atoms with Crippen molar-refractivity contribution in [2.24, 2.45) is 0 Å². The molecule has 0 amide bonds. The van der Waals surface area contributed by atoms with Gasteiger partial charge in [0.15, 0.2) is 9.84 Å². The van der Waals surface area contributed by atoms with Crippen molar-refractivity contribution in [1.29, 1.82) is 0 Å². The summed E-state index contributed by atoms with van der Waals surface area (Å²) in [5, 5.41) is 2.76. The van der Waals surface area contributed by atoms with Gasteiger partial charge in [-0.1, -0.05) is 24.6 Å². The Kier molecular flexibility index (Phi) is 5.16. The van der Waals surface area contributed by atoms with E-state index in [4.69, 9.17) is 0 Å². The van der Waals surface area contributed by atoms with Gasteiger partial charge in [0.1, 0.15) is 5.75 Å². The van der Waals surface area contributed by atoms with Gasteiger partial charge in [-0.25, -0.2) is 8.42 Å². The maximum absolute atomic E-state index is 12.3. The van der Waals surface area contributed by atoms with Crippen LogP contribution in [0.25, 0.3) is 0 Å². The van der Waals surface area contributed by atoms with Crippen LogP contribution in [-0.2, 0) is 16.4 Å². The normalized spacial score (nSPS) is 22.7. The van der Waals surface area contributed by atoms with Gasteiger partial charge in [-0.15, -0.1) is 0 Å². The van der Waals surface area contributed by atoms with E-state index in [0.29, 0.717) is 18.5 Å². The van der Waals surface area contributed by atoms with Gasteiger partial charge >= 0.3 is 6.61 Å². The van der Waals surface area contributed by atoms with Gasteiger partial charge in [0.2, 0.25) is 0 Å². The second kappa shape index (κ2) is 6.70. The molecule has 0 saturated heterocycles. The number of sulfone groups is 1. The number of halogens is 2. The first-order valence-corrected chi connectivity index (χ1v) is 8.78. The number of nitrogens with one attached hydrogen (secondary N) is 1. The van der Waals surface area contributed by atoms with Crippen molar-refractivity contribution in [2.75, 3.05) is 6.26 Å². The summed E-state index contributed by atoms with van der Waals surface area (Å²) in [5.41, 5.74) is 0.594. The first-order chi connectivity index (χ1) is 9.88. The summed E-state index contributed by atoms with van der Waals surface area (Å²) < 4.78 is 52.5.